The first-order valence-electron chi connectivity index (χ1n) is 13.0. The molecule has 2 aliphatic rings. The number of amides is 2. The summed E-state index contributed by atoms with van der Waals surface area (Å²) in [6.07, 6.45) is 3.86. The van der Waals surface area contributed by atoms with Crippen molar-refractivity contribution < 1.29 is 19.5 Å². The zero-order valence-corrected chi connectivity index (χ0v) is 22.7. The van der Waals surface area contributed by atoms with Crippen LogP contribution in [0, 0.1) is 6.92 Å². The van der Waals surface area contributed by atoms with Gasteiger partial charge >= 0.3 is 5.97 Å². The molecule has 2 aliphatic heterocycles. The van der Waals surface area contributed by atoms with Crippen LogP contribution in [0.4, 0.5) is 5.69 Å². The Balaban J connectivity index is 1.27. The van der Waals surface area contributed by atoms with E-state index in [4.69, 9.17) is 11.6 Å². The number of carboxylic acids is 1. The van der Waals surface area contributed by atoms with Gasteiger partial charge in [0.25, 0.3) is 0 Å². The van der Waals surface area contributed by atoms with Crippen LogP contribution in [0.1, 0.15) is 47.2 Å². The number of rotatable bonds is 7. The molecule has 0 bridgehead atoms. The molecule has 2 saturated heterocycles. The molecule has 10 nitrogen and oxygen atoms in total. The molecule has 0 unspecified atom stereocenters. The molecule has 2 amide bonds. The summed E-state index contributed by atoms with van der Waals surface area (Å²) in [5, 5.41) is 21.0. The van der Waals surface area contributed by atoms with Crippen molar-refractivity contribution in [1.82, 2.24) is 24.8 Å². The summed E-state index contributed by atoms with van der Waals surface area (Å²) in [6, 6.07) is 10.1. The normalized spacial score (nSPS) is 18.5. The fraction of sp³-hybridized carbons (Fsp3) is 0.393. The highest BCUT2D eigenvalue weighted by Crippen LogP contribution is 2.30. The Kier molecular flexibility index (Phi) is 7.67. The lowest BCUT2D eigenvalue weighted by Gasteiger charge is -2.39. The third kappa shape index (κ3) is 5.81. The van der Waals surface area contributed by atoms with Gasteiger partial charge in [-0.15, -0.1) is 5.10 Å². The van der Waals surface area contributed by atoms with Crippen LogP contribution < -0.4 is 5.32 Å². The van der Waals surface area contributed by atoms with E-state index in [0.29, 0.717) is 29.8 Å². The van der Waals surface area contributed by atoms with E-state index in [9.17, 15) is 19.5 Å². The number of piperidine rings is 1. The fourth-order valence-electron chi connectivity index (χ4n) is 5.58. The van der Waals surface area contributed by atoms with Crippen molar-refractivity contribution in [1.29, 1.82) is 0 Å². The number of nitrogens with one attached hydrogen (secondary N) is 1. The molecule has 0 saturated carbocycles. The quantitative estimate of drug-likeness (QED) is 0.460. The van der Waals surface area contributed by atoms with Gasteiger partial charge in [-0.25, -0.2) is 9.48 Å². The van der Waals surface area contributed by atoms with Gasteiger partial charge in [-0.3, -0.25) is 14.5 Å². The molecule has 0 spiro atoms. The zero-order valence-electron chi connectivity index (χ0n) is 21.9. The molecule has 2 aromatic carbocycles. The van der Waals surface area contributed by atoms with Crippen LogP contribution in [-0.4, -0.2) is 72.9 Å². The highest BCUT2D eigenvalue weighted by atomic mass is 35.5. The second-order valence-electron chi connectivity index (χ2n) is 10.3. The predicted molar refractivity (Wildman–Crippen MR) is 146 cm³/mol. The number of hydrogen-bond donors (Lipinski definition) is 2. The third-order valence-corrected chi connectivity index (χ3v) is 8.02. The highest BCUT2D eigenvalue weighted by Gasteiger charge is 2.41. The predicted octanol–water partition coefficient (Wildman–Crippen LogP) is 3.74. The minimum absolute atomic E-state index is 0.0112. The molecule has 1 aromatic heterocycles. The number of carboxylic acid groups (broad SMARTS) is 1. The first kappa shape index (κ1) is 26.8. The number of aromatic carboxylic acids is 1. The summed E-state index contributed by atoms with van der Waals surface area (Å²) < 4.78 is 1.53. The fourth-order valence-corrected chi connectivity index (χ4v) is 5.70. The van der Waals surface area contributed by atoms with Gasteiger partial charge in [0.05, 0.1) is 17.5 Å². The number of benzene rings is 2. The van der Waals surface area contributed by atoms with Crippen LogP contribution in [0.15, 0.2) is 42.6 Å². The lowest BCUT2D eigenvalue weighted by Crippen LogP contribution is -2.51. The monoisotopic (exact) mass is 550 g/mol. The molecule has 1 atom stereocenters. The van der Waals surface area contributed by atoms with Gasteiger partial charge in [-0.2, -0.15) is 0 Å². The smallest absolute Gasteiger partial charge is 0.335 e. The van der Waals surface area contributed by atoms with E-state index >= 15 is 0 Å². The Morgan fingerprint density at radius 3 is 2.56 bits per heavy atom. The third-order valence-electron chi connectivity index (χ3n) is 7.59. The number of likely N-dealkylation sites (tertiary alicyclic amines) is 2. The topological polar surface area (TPSA) is 121 Å². The summed E-state index contributed by atoms with van der Waals surface area (Å²) >= 11 is 6.16. The molecule has 204 valence electrons. The second kappa shape index (κ2) is 11.2. The molecule has 5 rings (SSSR count). The summed E-state index contributed by atoms with van der Waals surface area (Å²) in [4.78, 5) is 42.2. The van der Waals surface area contributed by atoms with Crippen LogP contribution in [0.5, 0.6) is 0 Å². The molecule has 11 heteroatoms. The average molecular weight is 551 g/mol. The van der Waals surface area contributed by atoms with Gasteiger partial charge < -0.3 is 15.3 Å². The molecule has 39 heavy (non-hydrogen) atoms. The van der Waals surface area contributed by atoms with Gasteiger partial charge in [-0.1, -0.05) is 28.9 Å². The number of hydrogen-bond acceptors (Lipinski definition) is 6. The van der Waals surface area contributed by atoms with Crippen LogP contribution in [0.2, 0.25) is 5.02 Å². The van der Waals surface area contributed by atoms with E-state index in [0.717, 1.165) is 43.1 Å². The minimum Gasteiger partial charge on any atom is -0.478 e. The molecular weight excluding hydrogens is 520 g/mol. The molecule has 0 radical (unpaired) electrons. The van der Waals surface area contributed by atoms with Crippen molar-refractivity contribution in [2.24, 2.45) is 7.05 Å². The molecule has 3 aromatic rings. The molecule has 2 fully saturated rings. The van der Waals surface area contributed by atoms with E-state index in [2.05, 4.69) is 26.6 Å². The Bertz CT molecular complexity index is 1410. The number of nitrogens with zero attached hydrogens (tertiary/aromatic N) is 5. The molecule has 0 aliphatic carbocycles. The molecular formula is C28H31ClN6O4. The Morgan fingerprint density at radius 2 is 1.90 bits per heavy atom. The first-order valence-corrected chi connectivity index (χ1v) is 13.4. The SMILES string of the molecule is Cc1cc(CN2CCC(N3C(=O)CC[C@@H]3C(=O)Nc3cc(C(=O)O)cc(-c4cnnn4C)c3)CC2)ccc1Cl. The van der Waals surface area contributed by atoms with Crippen LogP contribution in [0.3, 0.4) is 0 Å². The Morgan fingerprint density at radius 1 is 1.13 bits per heavy atom. The van der Waals surface area contributed by atoms with Crippen molar-refractivity contribution in [3.05, 3.63) is 64.3 Å². The van der Waals surface area contributed by atoms with Gasteiger partial charge in [0, 0.05) is 55.4 Å². The van der Waals surface area contributed by atoms with E-state index in [1.165, 1.54) is 28.6 Å². The van der Waals surface area contributed by atoms with Crippen molar-refractivity contribution in [2.75, 3.05) is 18.4 Å². The number of carbonyl (C=O) groups is 3. The Labute approximate surface area is 231 Å². The summed E-state index contributed by atoms with van der Waals surface area (Å²) in [5.41, 5.74) is 3.83. The van der Waals surface area contributed by atoms with E-state index in [-0.39, 0.29) is 23.4 Å². The largest absolute Gasteiger partial charge is 0.478 e. The summed E-state index contributed by atoms with van der Waals surface area (Å²) in [6.45, 7) is 4.47. The standard InChI is InChI=1S/C28H31ClN6O4/c1-17-11-18(3-4-23(17)29)16-34-9-7-22(8-10-34)35-24(5-6-26(35)36)27(37)31-21-13-19(12-20(14-21)28(38)39)25-15-30-32-33(25)2/h3-4,11-15,22,24H,5-10,16H2,1-2H3,(H,31,37)(H,38,39)/t24-/m1/s1. The summed E-state index contributed by atoms with van der Waals surface area (Å²) in [5.74, 6) is -1.43. The van der Waals surface area contributed by atoms with Crippen molar-refractivity contribution in [3.8, 4) is 11.3 Å². The van der Waals surface area contributed by atoms with E-state index < -0.39 is 12.0 Å². The van der Waals surface area contributed by atoms with Crippen LogP contribution in [-0.2, 0) is 23.2 Å². The van der Waals surface area contributed by atoms with Gasteiger partial charge in [-0.05, 0) is 61.6 Å². The number of halogens is 1. The summed E-state index contributed by atoms with van der Waals surface area (Å²) in [7, 11) is 1.71. The van der Waals surface area contributed by atoms with Crippen molar-refractivity contribution in [3.63, 3.8) is 0 Å². The number of carbonyl (C=O) groups excluding carboxylic acids is 2. The lowest BCUT2D eigenvalue weighted by molar-refractivity contribution is -0.136. The maximum atomic E-state index is 13.4. The first-order chi connectivity index (χ1) is 18.7. The number of anilines is 1. The molecule has 3 heterocycles. The maximum Gasteiger partial charge on any atom is 0.335 e. The van der Waals surface area contributed by atoms with Crippen molar-refractivity contribution >= 4 is 35.1 Å². The second-order valence-corrected chi connectivity index (χ2v) is 10.7. The zero-order chi connectivity index (χ0) is 27.7. The number of aromatic nitrogens is 3. The highest BCUT2D eigenvalue weighted by molar-refractivity contribution is 6.31. The van der Waals surface area contributed by atoms with Gasteiger partial charge in [0.15, 0.2) is 0 Å². The number of aryl methyl sites for hydroxylation is 2. The Hall–Kier alpha value is -3.76. The van der Waals surface area contributed by atoms with Gasteiger partial charge in [0.2, 0.25) is 11.8 Å². The van der Waals surface area contributed by atoms with Gasteiger partial charge in [0.1, 0.15) is 6.04 Å². The van der Waals surface area contributed by atoms with Crippen LogP contribution >= 0.6 is 11.6 Å². The van der Waals surface area contributed by atoms with Crippen LogP contribution in [0.25, 0.3) is 11.3 Å². The van der Waals surface area contributed by atoms with E-state index in [1.807, 2.05) is 19.1 Å². The minimum atomic E-state index is -1.11. The average Bonchev–Trinajstić information content (AvgIpc) is 3.52. The van der Waals surface area contributed by atoms with Crippen molar-refractivity contribution in [2.45, 2.75) is 51.2 Å². The maximum absolute atomic E-state index is 13.4. The lowest BCUT2D eigenvalue weighted by atomic mass is 10.0. The molecule has 2 N–H and O–H groups in total. The van der Waals surface area contributed by atoms with E-state index in [1.54, 1.807) is 18.0 Å².